The summed E-state index contributed by atoms with van der Waals surface area (Å²) in [6, 6.07) is 28.0. The first kappa shape index (κ1) is 88.7. The van der Waals surface area contributed by atoms with Crippen LogP contribution in [0.1, 0.15) is 77.8 Å². The lowest BCUT2D eigenvalue weighted by Gasteiger charge is -2.16. The highest BCUT2D eigenvalue weighted by atomic mass is 36.0. The fourth-order valence-corrected chi connectivity index (χ4v) is 10.2. The Morgan fingerprint density at radius 2 is 0.750 bits per heavy atom. The van der Waals surface area contributed by atoms with Crippen molar-refractivity contribution in [3.8, 4) is 0 Å². The number of allylic oxidation sites excluding steroid dienone is 4. The molecule has 0 saturated carbocycles. The molecular weight excluding hydrogens is 1610 g/mol. The molecule has 4 aromatic carbocycles. The van der Waals surface area contributed by atoms with Gasteiger partial charge in [0.1, 0.15) is 27.4 Å². The van der Waals surface area contributed by atoms with Crippen LogP contribution in [0.2, 0.25) is 20.1 Å². The Bertz CT molecular complexity index is 3210. The molecule has 0 aliphatic carbocycles. The average molecular weight is 1670 g/mol. The highest BCUT2D eigenvalue weighted by molar-refractivity contribution is 8.26. The molecule has 0 amide bonds. The molecule has 0 unspecified atom stereocenters. The van der Waals surface area contributed by atoms with E-state index in [2.05, 4.69) is 105 Å². The zero-order valence-corrected chi connectivity index (χ0v) is 64.4. The first-order valence-electron chi connectivity index (χ1n) is 26.0. The van der Waals surface area contributed by atoms with Crippen LogP contribution >= 0.6 is 189 Å². The van der Waals surface area contributed by atoms with Crippen molar-refractivity contribution in [2.75, 3.05) is 21.3 Å². The Kier molecular flexibility index (Phi) is 48.6. The zero-order valence-electron chi connectivity index (χ0n) is 49.9. The van der Waals surface area contributed by atoms with Crippen LogP contribution in [0.25, 0.3) is 0 Å². The number of carbonyl (C=O) groups is 1. The summed E-state index contributed by atoms with van der Waals surface area (Å²) in [5.74, 6) is 22.2. The van der Waals surface area contributed by atoms with Gasteiger partial charge < -0.3 is 63.8 Å². The number of thiocarbonyl (C=S) groups is 3. The molecule has 0 atom stereocenters. The molecular formula is C56H58Cl7N8O14S11-. The van der Waals surface area contributed by atoms with Gasteiger partial charge in [0, 0.05) is 55.2 Å². The van der Waals surface area contributed by atoms with Gasteiger partial charge in [-0.1, -0.05) is 107 Å². The van der Waals surface area contributed by atoms with Crippen molar-refractivity contribution >= 4 is 252 Å². The van der Waals surface area contributed by atoms with Crippen LogP contribution in [-0.4, -0.2) is 22.0 Å². The van der Waals surface area contributed by atoms with E-state index in [-0.39, 0.29) is 4.32 Å². The van der Waals surface area contributed by atoms with Crippen LogP contribution in [0.5, 0.6) is 0 Å². The van der Waals surface area contributed by atoms with Crippen LogP contribution in [0.15, 0.2) is 184 Å². The molecule has 96 heavy (non-hydrogen) atoms. The summed E-state index contributed by atoms with van der Waals surface area (Å²) >= 11 is 62.3. The Balaban J connectivity index is 0.000000411. The van der Waals surface area contributed by atoms with Gasteiger partial charge in [-0.2, -0.15) is 23.6 Å². The number of anilines is 4. The van der Waals surface area contributed by atoms with Gasteiger partial charge in [0.2, 0.25) is 14.3 Å². The van der Waals surface area contributed by atoms with Crippen LogP contribution < -0.4 is 44.9 Å². The minimum absolute atomic E-state index is 0.198. The number of halogens is 7. The minimum Gasteiger partial charge on any atom is -0.467 e. The first-order valence-corrected chi connectivity index (χ1v) is 36.2. The van der Waals surface area contributed by atoms with Crippen molar-refractivity contribution in [1.82, 2.24) is 0 Å². The predicted octanol–water partition coefficient (Wildman–Crippen LogP) is 19.5. The predicted molar refractivity (Wildman–Crippen MR) is 410 cm³/mol. The number of thiol groups is 2. The van der Waals surface area contributed by atoms with Crippen LogP contribution in [0.4, 0.5) is 22.7 Å². The van der Waals surface area contributed by atoms with Gasteiger partial charge in [-0.3, -0.25) is 4.79 Å². The molecule has 4 heterocycles. The Morgan fingerprint density at radius 3 is 0.979 bits per heavy atom. The minimum atomic E-state index is -1.67. The van der Waals surface area contributed by atoms with E-state index in [0.29, 0.717) is 108 Å². The fraction of sp³-hybridized carbons (Fsp3) is 0.143. The molecule has 0 fully saturated rings. The second kappa shape index (κ2) is 52.6. The number of carbonyl (C=O) groups excluding carboxylic acids is 1. The molecule has 0 spiro atoms. The van der Waals surface area contributed by atoms with E-state index in [9.17, 15) is 4.79 Å². The van der Waals surface area contributed by atoms with Gasteiger partial charge in [0.05, 0.1) is 149 Å². The van der Waals surface area contributed by atoms with E-state index in [4.69, 9.17) is 153 Å². The molecule has 0 saturated heterocycles. The van der Waals surface area contributed by atoms with Crippen molar-refractivity contribution in [1.29, 1.82) is 0 Å². The summed E-state index contributed by atoms with van der Waals surface area (Å²) in [4.78, 5) is 30.0. The third kappa shape index (κ3) is 35.8. The summed E-state index contributed by atoms with van der Waals surface area (Å²) in [6.07, 6.45) is 14.4. The maximum Gasteiger partial charge on any atom is 0.218 e. The zero-order chi connectivity index (χ0) is 71.4. The highest BCUT2D eigenvalue weighted by Gasteiger charge is 2.17. The first-order chi connectivity index (χ1) is 46.0. The Labute approximate surface area is 639 Å². The van der Waals surface area contributed by atoms with Crippen molar-refractivity contribution in [3.05, 3.63) is 212 Å². The average Bonchev–Trinajstić information content (AvgIpc) is 2.04. The third-order valence-corrected chi connectivity index (χ3v) is 16.6. The fourth-order valence-electron chi connectivity index (χ4n) is 6.35. The molecule has 0 radical (unpaired) electrons. The van der Waals surface area contributed by atoms with Crippen molar-refractivity contribution < 1.29 is 64.0 Å². The van der Waals surface area contributed by atoms with E-state index in [1.165, 1.54) is 6.07 Å². The molecule has 8 rings (SSSR count). The Morgan fingerprint density at radius 1 is 0.500 bits per heavy atom. The second-order valence-corrected chi connectivity index (χ2v) is 27.5. The molecule has 4 aromatic heterocycles. The second-order valence-electron chi connectivity index (χ2n) is 16.7. The molecule has 40 heteroatoms. The number of nitrogens with one attached hydrogen (secondary N) is 4. The SMILES string of the molecule is CC=CC.CC=CC.NOOSc1cc(C(=O)S)c(NCc2ccco2)cc1Cl.NOOSc1cc(C(=S)Cl)c(NCc2ccco2)cc1Cl.NOOSc1cc(C(=S)S)c(NCc2ccco2)cc1Cl.NOOSc1cc(C(=S)[S-])c(NCc2ccco2)cc1Cl.O=S(Cl)Cl. The maximum absolute atomic E-state index is 11.6. The van der Waals surface area contributed by atoms with Crippen LogP contribution in [0.3, 0.4) is 0 Å². The normalized spacial score (nSPS) is 10.4. The lowest BCUT2D eigenvalue weighted by molar-refractivity contribution is -0.195. The van der Waals surface area contributed by atoms with Crippen molar-refractivity contribution in [2.24, 2.45) is 23.6 Å². The lowest BCUT2D eigenvalue weighted by Crippen LogP contribution is -2.05. The highest BCUT2D eigenvalue weighted by Crippen LogP contribution is 2.38. The number of hydrogen-bond acceptors (Lipinski definition) is 30. The van der Waals surface area contributed by atoms with E-state index in [1.54, 1.807) is 79.6 Å². The van der Waals surface area contributed by atoms with E-state index in [1.807, 2.05) is 88.4 Å². The summed E-state index contributed by atoms with van der Waals surface area (Å²) in [7, 11) is 7.36. The molecule has 22 nitrogen and oxygen atoms in total. The Hall–Kier alpha value is -3.36. The van der Waals surface area contributed by atoms with E-state index < -0.39 is 14.3 Å². The summed E-state index contributed by atoms with van der Waals surface area (Å²) < 4.78 is 49.3. The number of rotatable bonds is 28. The summed E-state index contributed by atoms with van der Waals surface area (Å²) in [6.45, 7) is 9.88. The molecule has 522 valence electrons. The third-order valence-electron chi connectivity index (χ3n) is 10.6. The number of nitrogens with two attached hydrogens (primary N) is 4. The quantitative estimate of drug-likeness (QED) is 0.00318. The molecule has 0 bridgehead atoms. The van der Waals surface area contributed by atoms with E-state index >= 15 is 0 Å². The van der Waals surface area contributed by atoms with Gasteiger partial charge in [0.15, 0.2) is 0 Å². The van der Waals surface area contributed by atoms with Crippen molar-refractivity contribution in [3.63, 3.8) is 0 Å². The smallest absolute Gasteiger partial charge is 0.218 e. The van der Waals surface area contributed by atoms with Gasteiger partial charge in [-0.15, -0.1) is 66.7 Å². The van der Waals surface area contributed by atoms with E-state index in [0.717, 1.165) is 82.6 Å². The number of benzene rings is 4. The van der Waals surface area contributed by atoms with Crippen LogP contribution in [-0.2, 0) is 85.3 Å². The number of hydrogen-bond donors (Lipinski definition) is 10. The molecule has 0 aliphatic heterocycles. The maximum atomic E-state index is 11.6. The summed E-state index contributed by atoms with van der Waals surface area (Å²) in [5.41, 5.74) is 5.03. The molecule has 8 aromatic rings. The largest absolute Gasteiger partial charge is 0.467 e. The topological polar surface area (TPSA) is 313 Å². The molecule has 0 aliphatic rings. The van der Waals surface area contributed by atoms with Gasteiger partial charge in [-0.05, 0) is 130 Å². The van der Waals surface area contributed by atoms with Crippen LogP contribution in [0, 0.1) is 0 Å². The monoisotopic (exact) mass is 1660 g/mol. The summed E-state index contributed by atoms with van der Waals surface area (Å²) in [5, 5.41) is 13.9. The number of furan rings is 4. The van der Waals surface area contributed by atoms with Gasteiger partial charge in [0.25, 0.3) is 0 Å². The van der Waals surface area contributed by atoms with Crippen molar-refractivity contribution in [2.45, 2.75) is 73.5 Å². The van der Waals surface area contributed by atoms with Gasteiger partial charge in [-0.25, -0.2) is 4.21 Å². The standard InChI is InChI=1S/C12H10Cl2N2O3S2.C12H11ClN2O4S2.2C12H11ClN2O3S3.2C4H8.Cl2OS/c13-9-5-10(16-6-7-2-1-3-17-7)8(12(14)20)4-11(9)21-19-18-15;13-9-5-10(15-6-7-2-1-3-17-7)8(12(16)20)4-11(9)21-19-18-14;2*13-9-5-10(15-6-7-2-1-3-16-7)8(12(19)20)4-11(9)21-18-17-14;2*1-3-4-2;1-4(2)3/h1-5,16H,6,15H2;1-5,15H,6,14H2,(H,16,20);2*1-5,15H,6,14H2,(H,19,20);2*3-4H,1-2H3;/p-1. The van der Waals surface area contributed by atoms with Gasteiger partial charge >= 0.3 is 0 Å². The molecule has 12 N–H and O–H groups in total. The lowest BCUT2D eigenvalue weighted by atomic mass is 10.2.